The Hall–Kier alpha value is -6.10. The van der Waals surface area contributed by atoms with E-state index in [-0.39, 0.29) is 22.6 Å². The molecule has 0 aliphatic rings. The number of carbonyl (C=O) groups excluding carboxylic acids is 4. The molecule has 4 rings (SSSR count). The van der Waals surface area contributed by atoms with Crippen LogP contribution in [0.3, 0.4) is 0 Å². The van der Waals surface area contributed by atoms with Crippen LogP contribution in [0, 0.1) is 0 Å². The minimum atomic E-state index is -2.52. The average Bonchev–Trinajstić information content (AvgIpc) is 3.05. The number of carbonyl (C=O) groups is 6. The number of ether oxygens (including phenoxy) is 1. The maximum Gasteiger partial charge on any atom is 0.329 e. The van der Waals surface area contributed by atoms with Crippen LogP contribution in [0.15, 0.2) is 97.1 Å². The molecule has 3 N–H and O–H groups in total. The predicted molar refractivity (Wildman–Crippen MR) is 172 cm³/mol. The summed E-state index contributed by atoms with van der Waals surface area (Å²) in [6.07, 6.45) is -0.412. The van der Waals surface area contributed by atoms with Gasteiger partial charge in [-0.2, -0.15) is 0 Å². The molecule has 0 atom stereocenters. The molecule has 0 fully saturated rings. The highest BCUT2D eigenvalue weighted by molar-refractivity contribution is 6.12. The summed E-state index contributed by atoms with van der Waals surface area (Å²) in [5.74, 6) is -5.37. The highest BCUT2D eigenvalue weighted by Gasteiger charge is 2.50. The fraction of sp³-hybridized carbons (Fsp3) is 0.167. The van der Waals surface area contributed by atoms with Crippen molar-refractivity contribution in [3.8, 4) is 11.1 Å². The van der Waals surface area contributed by atoms with Crippen molar-refractivity contribution in [1.29, 1.82) is 0 Å². The first-order valence-electron chi connectivity index (χ1n) is 14.4. The molecule has 0 aliphatic heterocycles. The van der Waals surface area contributed by atoms with Crippen molar-refractivity contribution in [2.45, 2.75) is 18.8 Å². The van der Waals surface area contributed by atoms with Crippen molar-refractivity contribution in [2.24, 2.45) is 0 Å². The van der Waals surface area contributed by atoms with E-state index < -0.39 is 48.2 Å². The Labute approximate surface area is 270 Å². The first-order chi connectivity index (χ1) is 22.3. The number of ketones is 1. The van der Waals surface area contributed by atoms with Gasteiger partial charge in [-0.3, -0.25) is 28.8 Å². The van der Waals surface area contributed by atoms with Gasteiger partial charge in [-0.1, -0.05) is 78.9 Å². The zero-order chi connectivity index (χ0) is 34.3. The number of amides is 2. The van der Waals surface area contributed by atoms with E-state index in [1.54, 1.807) is 54.6 Å². The molecule has 0 saturated heterocycles. The average molecular weight is 637 g/mol. The Balaban J connectivity index is 1.57. The molecule has 4 aromatic carbocycles. The van der Waals surface area contributed by atoms with Gasteiger partial charge >= 0.3 is 17.9 Å². The Kier molecular flexibility index (Phi) is 10.3. The second kappa shape index (κ2) is 14.3. The fourth-order valence-electron chi connectivity index (χ4n) is 4.91. The van der Waals surface area contributed by atoms with Crippen molar-refractivity contribution in [2.75, 3.05) is 26.0 Å². The molecule has 11 heteroatoms. The van der Waals surface area contributed by atoms with E-state index in [1.807, 2.05) is 0 Å². The summed E-state index contributed by atoms with van der Waals surface area (Å²) in [5, 5.41) is 22.5. The molecular weight excluding hydrogens is 604 g/mol. The number of hydrogen-bond donors (Lipinski definition) is 3. The first kappa shape index (κ1) is 33.8. The van der Waals surface area contributed by atoms with Gasteiger partial charge < -0.3 is 25.2 Å². The van der Waals surface area contributed by atoms with E-state index in [1.165, 1.54) is 68.4 Å². The van der Waals surface area contributed by atoms with Crippen molar-refractivity contribution in [3.05, 3.63) is 125 Å². The molecule has 0 saturated carbocycles. The number of benzene rings is 4. The lowest BCUT2D eigenvalue weighted by atomic mass is 9.81. The van der Waals surface area contributed by atoms with Crippen LogP contribution >= 0.6 is 0 Å². The van der Waals surface area contributed by atoms with Crippen LogP contribution in [0.1, 0.15) is 49.1 Å². The zero-order valence-electron chi connectivity index (χ0n) is 25.9. The Bertz CT molecular complexity index is 1830. The lowest BCUT2D eigenvalue weighted by Gasteiger charge is -2.25. The van der Waals surface area contributed by atoms with Gasteiger partial charge in [0.2, 0.25) is 5.41 Å². The summed E-state index contributed by atoms with van der Waals surface area (Å²) in [6, 6.07) is 25.3. The number of carboxylic acid groups (broad SMARTS) is 2. The number of nitrogens with one attached hydrogen (secondary N) is 1. The first-order valence-corrected chi connectivity index (χ1v) is 14.4. The molecule has 0 aromatic heterocycles. The van der Waals surface area contributed by atoms with Gasteiger partial charge in [0.25, 0.3) is 11.8 Å². The van der Waals surface area contributed by atoms with Crippen molar-refractivity contribution in [3.63, 3.8) is 0 Å². The van der Waals surface area contributed by atoms with Crippen LogP contribution in [-0.4, -0.2) is 71.3 Å². The quantitative estimate of drug-likeness (QED) is 0.113. The number of hydrogen-bond acceptors (Lipinski definition) is 7. The molecule has 2 amide bonds. The highest BCUT2D eigenvalue weighted by Crippen LogP contribution is 2.28. The van der Waals surface area contributed by atoms with Crippen LogP contribution in [0.5, 0.6) is 0 Å². The third-order valence-electron chi connectivity index (χ3n) is 7.54. The van der Waals surface area contributed by atoms with Crippen LogP contribution in [0.25, 0.3) is 11.1 Å². The van der Waals surface area contributed by atoms with Crippen molar-refractivity contribution >= 4 is 41.2 Å². The lowest BCUT2D eigenvalue weighted by molar-refractivity contribution is -0.163. The SMILES string of the molecule is CC(=O)c1ccc(-c2ccccc2C(=O)Nc2ccc(CC(=O)OCC(C(=O)O)(C(=O)O)c3ccccc3)cc2C(=O)N(C)C)cc1. The molecule has 240 valence electrons. The molecule has 0 aliphatic carbocycles. The van der Waals surface area contributed by atoms with Crippen molar-refractivity contribution in [1.82, 2.24) is 4.90 Å². The second-order valence-electron chi connectivity index (χ2n) is 10.9. The van der Waals surface area contributed by atoms with E-state index in [0.717, 1.165) is 0 Å². The molecule has 0 heterocycles. The van der Waals surface area contributed by atoms with E-state index in [9.17, 15) is 39.0 Å². The molecule has 0 radical (unpaired) electrons. The summed E-state index contributed by atoms with van der Waals surface area (Å²) >= 11 is 0. The van der Waals surface area contributed by atoms with Gasteiger partial charge in [-0.15, -0.1) is 0 Å². The Morgan fingerprint density at radius 3 is 1.98 bits per heavy atom. The summed E-state index contributed by atoms with van der Waals surface area (Å²) in [7, 11) is 3.05. The summed E-state index contributed by atoms with van der Waals surface area (Å²) < 4.78 is 5.18. The molecular formula is C36H32N2O9. The van der Waals surface area contributed by atoms with Crippen LogP contribution in [-0.2, 0) is 31.0 Å². The van der Waals surface area contributed by atoms with Gasteiger partial charge in [0.15, 0.2) is 5.78 Å². The molecule has 0 unspecified atom stereocenters. The zero-order valence-corrected chi connectivity index (χ0v) is 25.9. The summed E-state index contributed by atoms with van der Waals surface area (Å²) in [6.45, 7) is 0.502. The minimum Gasteiger partial charge on any atom is -0.480 e. The fourth-order valence-corrected chi connectivity index (χ4v) is 4.91. The number of carboxylic acids is 2. The molecule has 47 heavy (non-hydrogen) atoms. The number of rotatable bonds is 12. The summed E-state index contributed by atoms with van der Waals surface area (Å²) in [4.78, 5) is 76.8. The summed E-state index contributed by atoms with van der Waals surface area (Å²) in [5.41, 5.74) is 0.128. The normalized spacial score (nSPS) is 10.9. The third kappa shape index (κ3) is 7.42. The Morgan fingerprint density at radius 2 is 1.38 bits per heavy atom. The van der Waals surface area contributed by atoms with Crippen LogP contribution in [0.4, 0.5) is 5.69 Å². The maximum atomic E-state index is 13.5. The van der Waals surface area contributed by atoms with Gasteiger partial charge in [-0.05, 0) is 47.4 Å². The standard InChI is InChI=1S/C36H32N2O9/c1-22(39)24-14-16-25(17-15-24)27-11-7-8-12-28(27)32(41)37-30-18-13-23(19-29(30)33(42)38(2)3)20-31(40)47-21-36(34(43)44,35(45)46)26-9-5-4-6-10-26/h4-19H,20-21H2,1-3H3,(H,37,41)(H,43,44)(H,45,46). The number of aliphatic carboxylic acids is 2. The smallest absolute Gasteiger partial charge is 0.329 e. The molecule has 0 bridgehead atoms. The van der Waals surface area contributed by atoms with E-state index in [4.69, 9.17) is 4.74 Å². The predicted octanol–water partition coefficient (Wildman–Crippen LogP) is 4.70. The maximum absolute atomic E-state index is 13.5. The number of anilines is 1. The van der Waals surface area contributed by atoms with Gasteiger partial charge in [0, 0.05) is 25.2 Å². The minimum absolute atomic E-state index is 0.0681. The van der Waals surface area contributed by atoms with E-state index in [2.05, 4.69) is 5.32 Å². The van der Waals surface area contributed by atoms with Crippen LogP contribution < -0.4 is 5.32 Å². The molecule has 4 aromatic rings. The Morgan fingerprint density at radius 1 is 0.766 bits per heavy atom. The number of nitrogens with zero attached hydrogens (tertiary/aromatic N) is 1. The van der Waals surface area contributed by atoms with Gasteiger partial charge in [0.1, 0.15) is 6.61 Å². The highest BCUT2D eigenvalue weighted by atomic mass is 16.5. The topological polar surface area (TPSA) is 167 Å². The third-order valence-corrected chi connectivity index (χ3v) is 7.54. The second-order valence-corrected chi connectivity index (χ2v) is 10.9. The van der Waals surface area contributed by atoms with Crippen LogP contribution in [0.2, 0.25) is 0 Å². The van der Waals surface area contributed by atoms with Crippen molar-refractivity contribution < 1.29 is 43.7 Å². The van der Waals surface area contributed by atoms with E-state index >= 15 is 0 Å². The number of esters is 1. The number of Topliss-reactive ketones (excluding diaryl/α,β-unsaturated/α-hetero) is 1. The monoisotopic (exact) mass is 636 g/mol. The van der Waals surface area contributed by atoms with Gasteiger partial charge in [-0.25, -0.2) is 0 Å². The molecule has 0 spiro atoms. The van der Waals surface area contributed by atoms with E-state index in [0.29, 0.717) is 27.8 Å². The largest absolute Gasteiger partial charge is 0.480 e. The lowest BCUT2D eigenvalue weighted by Crippen LogP contribution is -2.48. The van der Waals surface area contributed by atoms with Gasteiger partial charge in [0.05, 0.1) is 17.7 Å². The molecule has 11 nitrogen and oxygen atoms in total.